The van der Waals surface area contributed by atoms with Crippen LogP contribution in [0.3, 0.4) is 0 Å². The number of aromatic nitrogens is 1. The van der Waals surface area contributed by atoms with Gasteiger partial charge in [0, 0.05) is 19.0 Å². The van der Waals surface area contributed by atoms with Gasteiger partial charge in [0.1, 0.15) is 0 Å². The maximum atomic E-state index is 11.4. The van der Waals surface area contributed by atoms with Gasteiger partial charge in [-0.05, 0) is 12.1 Å². The Morgan fingerprint density at radius 1 is 1.50 bits per heavy atom. The SMILES string of the molecule is NC(=O)N1C(=O)CCc2ncccc21. The Hall–Kier alpha value is -1.91. The fourth-order valence-electron chi connectivity index (χ4n) is 1.54. The van der Waals surface area contributed by atoms with Crippen LogP contribution in [-0.2, 0) is 11.2 Å². The fourth-order valence-corrected chi connectivity index (χ4v) is 1.54. The Morgan fingerprint density at radius 3 is 3.00 bits per heavy atom. The zero-order chi connectivity index (χ0) is 10.1. The molecule has 1 aromatic heterocycles. The van der Waals surface area contributed by atoms with Crippen molar-refractivity contribution in [3.63, 3.8) is 0 Å². The van der Waals surface area contributed by atoms with Crippen molar-refractivity contribution >= 4 is 17.6 Å². The van der Waals surface area contributed by atoms with Crippen LogP contribution in [0.5, 0.6) is 0 Å². The number of pyridine rings is 1. The number of anilines is 1. The summed E-state index contributed by atoms with van der Waals surface area (Å²) < 4.78 is 0. The maximum Gasteiger partial charge on any atom is 0.326 e. The van der Waals surface area contributed by atoms with Gasteiger partial charge in [-0.3, -0.25) is 9.78 Å². The number of aryl methyl sites for hydroxylation is 1. The van der Waals surface area contributed by atoms with Crippen molar-refractivity contribution in [1.29, 1.82) is 0 Å². The molecule has 0 saturated carbocycles. The van der Waals surface area contributed by atoms with Crippen LogP contribution in [0, 0.1) is 0 Å². The van der Waals surface area contributed by atoms with Gasteiger partial charge in [-0.25, -0.2) is 9.69 Å². The Morgan fingerprint density at radius 2 is 2.29 bits per heavy atom. The molecule has 5 heteroatoms. The first kappa shape index (κ1) is 8.68. The predicted molar refractivity (Wildman–Crippen MR) is 49.6 cm³/mol. The first-order chi connectivity index (χ1) is 6.70. The zero-order valence-electron chi connectivity index (χ0n) is 7.43. The molecule has 0 radical (unpaired) electrons. The van der Waals surface area contributed by atoms with Gasteiger partial charge in [-0.15, -0.1) is 0 Å². The molecule has 14 heavy (non-hydrogen) atoms. The molecule has 2 heterocycles. The molecular weight excluding hydrogens is 182 g/mol. The molecule has 0 saturated heterocycles. The van der Waals surface area contributed by atoms with Crippen LogP contribution in [0.4, 0.5) is 10.5 Å². The summed E-state index contributed by atoms with van der Waals surface area (Å²) >= 11 is 0. The molecule has 5 nitrogen and oxygen atoms in total. The Bertz CT molecular complexity index is 403. The number of nitrogens with zero attached hydrogens (tertiary/aromatic N) is 2. The third-order valence-corrected chi connectivity index (χ3v) is 2.15. The van der Waals surface area contributed by atoms with Gasteiger partial charge in [-0.1, -0.05) is 0 Å². The van der Waals surface area contributed by atoms with Gasteiger partial charge in [0.25, 0.3) is 0 Å². The van der Waals surface area contributed by atoms with E-state index in [0.29, 0.717) is 12.1 Å². The van der Waals surface area contributed by atoms with Crippen molar-refractivity contribution < 1.29 is 9.59 Å². The molecule has 1 aliphatic heterocycles. The molecule has 0 atom stereocenters. The van der Waals surface area contributed by atoms with Gasteiger partial charge in [0.2, 0.25) is 5.91 Å². The summed E-state index contributed by atoms with van der Waals surface area (Å²) in [7, 11) is 0. The van der Waals surface area contributed by atoms with E-state index in [0.717, 1.165) is 10.6 Å². The summed E-state index contributed by atoms with van der Waals surface area (Å²) in [5.74, 6) is -0.266. The Balaban J connectivity index is 2.51. The summed E-state index contributed by atoms with van der Waals surface area (Å²) in [5.41, 5.74) is 6.36. The van der Waals surface area contributed by atoms with Crippen LogP contribution in [0.25, 0.3) is 0 Å². The number of fused-ring (bicyclic) bond motifs is 1. The normalized spacial score (nSPS) is 15.1. The van der Waals surface area contributed by atoms with Crippen LogP contribution in [0.15, 0.2) is 18.3 Å². The highest BCUT2D eigenvalue weighted by atomic mass is 16.2. The second-order valence-corrected chi connectivity index (χ2v) is 3.04. The van der Waals surface area contributed by atoms with Crippen molar-refractivity contribution in [3.8, 4) is 0 Å². The van der Waals surface area contributed by atoms with Gasteiger partial charge >= 0.3 is 6.03 Å². The van der Waals surface area contributed by atoms with Crippen LogP contribution >= 0.6 is 0 Å². The van der Waals surface area contributed by atoms with Crippen molar-refractivity contribution in [2.75, 3.05) is 4.90 Å². The molecule has 2 rings (SSSR count). The van der Waals surface area contributed by atoms with E-state index < -0.39 is 6.03 Å². The molecule has 0 unspecified atom stereocenters. The highest BCUT2D eigenvalue weighted by molar-refractivity contribution is 6.15. The molecule has 0 bridgehead atoms. The van der Waals surface area contributed by atoms with Crippen molar-refractivity contribution in [1.82, 2.24) is 4.98 Å². The number of carbonyl (C=O) groups excluding carboxylic acids is 2. The molecule has 3 amide bonds. The molecule has 0 aromatic carbocycles. The topological polar surface area (TPSA) is 76.3 Å². The summed E-state index contributed by atoms with van der Waals surface area (Å²) in [6, 6.07) is 2.60. The second-order valence-electron chi connectivity index (χ2n) is 3.04. The number of primary amides is 1. The number of hydrogen-bond donors (Lipinski definition) is 1. The highest BCUT2D eigenvalue weighted by Crippen LogP contribution is 2.25. The number of carbonyl (C=O) groups is 2. The van der Waals surface area contributed by atoms with E-state index in [1.165, 1.54) is 0 Å². The predicted octanol–water partition coefficient (Wildman–Crippen LogP) is 0.439. The summed E-state index contributed by atoms with van der Waals surface area (Å²) in [4.78, 5) is 27.5. The number of nitrogens with two attached hydrogens (primary N) is 1. The number of urea groups is 1. The maximum absolute atomic E-state index is 11.4. The van der Waals surface area contributed by atoms with Gasteiger partial charge in [-0.2, -0.15) is 0 Å². The minimum atomic E-state index is -0.746. The van der Waals surface area contributed by atoms with Crippen LogP contribution < -0.4 is 10.6 Å². The van der Waals surface area contributed by atoms with E-state index in [2.05, 4.69) is 4.98 Å². The lowest BCUT2D eigenvalue weighted by Gasteiger charge is -2.24. The van der Waals surface area contributed by atoms with Gasteiger partial charge in [0.05, 0.1) is 11.4 Å². The second kappa shape index (κ2) is 3.10. The lowest BCUT2D eigenvalue weighted by Crippen LogP contribution is -2.43. The number of imide groups is 1. The number of hydrogen-bond acceptors (Lipinski definition) is 3. The third kappa shape index (κ3) is 1.22. The monoisotopic (exact) mass is 191 g/mol. The fraction of sp³-hybridized carbons (Fsp3) is 0.222. The van der Waals surface area contributed by atoms with Crippen LogP contribution in [0.1, 0.15) is 12.1 Å². The van der Waals surface area contributed by atoms with E-state index in [1.54, 1.807) is 18.3 Å². The van der Waals surface area contributed by atoms with Crippen molar-refractivity contribution in [3.05, 3.63) is 24.0 Å². The Labute approximate surface area is 80.5 Å². The first-order valence-corrected chi connectivity index (χ1v) is 4.26. The van der Waals surface area contributed by atoms with E-state index in [4.69, 9.17) is 5.73 Å². The molecule has 2 N–H and O–H groups in total. The third-order valence-electron chi connectivity index (χ3n) is 2.15. The number of amides is 3. The lowest BCUT2D eigenvalue weighted by atomic mass is 10.1. The first-order valence-electron chi connectivity index (χ1n) is 4.26. The van der Waals surface area contributed by atoms with E-state index >= 15 is 0 Å². The van der Waals surface area contributed by atoms with E-state index in [9.17, 15) is 9.59 Å². The molecule has 72 valence electrons. The molecule has 0 spiro atoms. The minimum absolute atomic E-state index is 0.266. The smallest absolute Gasteiger partial charge is 0.326 e. The minimum Gasteiger partial charge on any atom is -0.351 e. The van der Waals surface area contributed by atoms with Gasteiger partial charge in [0.15, 0.2) is 0 Å². The van der Waals surface area contributed by atoms with Crippen LogP contribution in [0.2, 0.25) is 0 Å². The molecule has 1 aromatic rings. The van der Waals surface area contributed by atoms with E-state index in [-0.39, 0.29) is 12.3 Å². The lowest BCUT2D eigenvalue weighted by molar-refractivity contribution is -0.118. The molecule has 0 fully saturated rings. The van der Waals surface area contributed by atoms with E-state index in [1.807, 2.05) is 0 Å². The highest BCUT2D eigenvalue weighted by Gasteiger charge is 2.28. The zero-order valence-corrected chi connectivity index (χ0v) is 7.43. The van der Waals surface area contributed by atoms with Crippen LogP contribution in [-0.4, -0.2) is 16.9 Å². The molecule has 1 aliphatic rings. The molecule has 0 aliphatic carbocycles. The molecular formula is C9H9N3O2. The van der Waals surface area contributed by atoms with Gasteiger partial charge < -0.3 is 5.73 Å². The average Bonchev–Trinajstić information content (AvgIpc) is 2.17. The number of rotatable bonds is 0. The summed E-state index contributed by atoms with van der Waals surface area (Å²) in [5, 5.41) is 0. The quantitative estimate of drug-likeness (QED) is 0.646. The summed E-state index contributed by atoms with van der Waals surface area (Å²) in [6.45, 7) is 0. The van der Waals surface area contributed by atoms with Crippen molar-refractivity contribution in [2.45, 2.75) is 12.8 Å². The van der Waals surface area contributed by atoms with Crippen molar-refractivity contribution in [2.24, 2.45) is 5.73 Å². The standard InChI is InChI=1S/C9H9N3O2/c10-9(14)12-7-2-1-5-11-6(7)3-4-8(12)13/h1-2,5H,3-4H2,(H2,10,14). The summed E-state index contributed by atoms with van der Waals surface area (Å²) in [6.07, 6.45) is 2.49. The average molecular weight is 191 g/mol. The Kier molecular flexibility index (Phi) is 1.92. The largest absolute Gasteiger partial charge is 0.351 e.